The standard InChI is InChI=1S/C15H14ClFO/c1-10-5-11(2)7-12(6-10)9-18-13-3-4-14(16)15(17)8-13/h3-8H,9H2,1-2H3. The van der Waals surface area contributed by atoms with Gasteiger partial charge in [-0.3, -0.25) is 0 Å². The third-order valence-electron chi connectivity index (χ3n) is 2.58. The summed E-state index contributed by atoms with van der Waals surface area (Å²) in [4.78, 5) is 0. The van der Waals surface area contributed by atoms with Gasteiger partial charge in [0.2, 0.25) is 0 Å². The first-order valence-electron chi connectivity index (χ1n) is 5.69. The number of hydrogen-bond acceptors (Lipinski definition) is 1. The Kier molecular flexibility index (Phi) is 3.87. The Hall–Kier alpha value is -1.54. The summed E-state index contributed by atoms with van der Waals surface area (Å²) in [6, 6.07) is 10.7. The average Bonchev–Trinajstić information content (AvgIpc) is 2.29. The first-order valence-corrected chi connectivity index (χ1v) is 6.07. The SMILES string of the molecule is Cc1cc(C)cc(COc2ccc(Cl)c(F)c2)c1. The predicted molar refractivity (Wildman–Crippen MR) is 71.7 cm³/mol. The van der Waals surface area contributed by atoms with Gasteiger partial charge in [0.1, 0.15) is 18.2 Å². The van der Waals surface area contributed by atoms with E-state index in [-0.39, 0.29) is 5.02 Å². The Morgan fingerprint density at radius 3 is 2.33 bits per heavy atom. The van der Waals surface area contributed by atoms with Crippen molar-refractivity contribution < 1.29 is 9.13 Å². The summed E-state index contributed by atoms with van der Waals surface area (Å²) in [6.45, 7) is 4.50. The molecule has 0 aliphatic rings. The molecule has 0 aliphatic heterocycles. The molecule has 2 aromatic carbocycles. The van der Waals surface area contributed by atoms with Crippen molar-refractivity contribution in [2.75, 3.05) is 0 Å². The van der Waals surface area contributed by atoms with Crippen molar-refractivity contribution in [3.63, 3.8) is 0 Å². The van der Waals surface area contributed by atoms with Crippen LogP contribution in [0.1, 0.15) is 16.7 Å². The molecule has 0 fully saturated rings. The van der Waals surface area contributed by atoms with E-state index in [0.29, 0.717) is 12.4 Å². The van der Waals surface area contributed by atoms with Gasteiger partial charge in [0.25, 0.3) is 0 Å². The molecule has 0 spiro atoms. The minimum atomic E-state index is -0.463. The highest BCUT2D eigenvalue weighted by molar-refractivity contribution is 6.30. The minimum Gasteiger partial charge on any atom is -0.489 e. The van der Waals surface area contributed by atoms with E-state index in [9.17, 15) is 4.39 Å². The van der Waals surface area contributed by atoms with Crippen LogP contribution in [0.2, 0.25) is 5.02 Å². The van der Waals surface area contributed by atoms with Gasteiger partial charge in [-0.15, -0.1) is 0 Å². The van der Waals surface area contributed by atoms with Crippen LogP contribution in [0.3, 0.4) is 0 Å². The molecule has 0 aliphatic carbocycles. The third-order valence-corrected chi connectivity index (χ3v) is 2.88. The molecule has 0 saturated carbocycles. The lowest BCUT2D eigenvalue weighted by atomic mass is 10.1. The number of rotatable bonds is 3. The van der Waals surface area contributed by atoms with Crippen LogP contribution in [0, 0.1) is 19.7 Å². The second kappa shape index (κ2) is 5.40. The lowest BCUT2D eigenvalue weighted by Crippen LogP contribution is -1.97. The van der Waals surface area contributed by atoms with E-state index in [1.54, 1.807) is 6.07 Å². The van der Waals surface area contributed by atoms with Crippen molar-refractivity contribution >= 4 is 11.6 Å². The lowest BCUT2D eigenvalue weighted by Gasteiger charge is -2.08. The van der Waals surface area contributed by atoms with Gasteiger partial charge < -0.3 is 4.74 Å². The van der Waals surface area contributed by atoms with Crippen molar-refractivity contribution in [1.82, 2.24) is 0 Å². The van der Waals surface area contributed by atoms with Crippen LogP contribution in [0.25, 0.3) is 0 Å². The first-order chi connectivity index (χ1) is 8.54. The van der Waals surface area contributed by atoms with Gasteiger partial charge in [-0.1, -0.05) is 40.9 Å². The molecule has 0 bridgehead atoms. The maximum Gasteiger partial charge on any atom is 0.145 e. The number of halogens is 2. The van der Waals surface area contributed by atoms with E-state index >= 15 is 0 Å². The fourth-order valence-corrected chi connectivity index (χ4v) is 2.00. The molecule has 0 amide bonds. The average molecular weight is 265 g/mol. The number of hydrogen-bond donors (Lipinski definition) is 0. The highest BCUT2D eigenvalue weighted by atomic mass is 35.5. The van der Waals surface area contributed by atoms with Crippen LogP contribution in [0.15, 0.2) is 36.4 Å². The van der Waals surface area contributed by atoms with E-state index in [0.717, 1.165) is 5.56 Å². The molecule has 2 aromatic rings. The van der Waals surface area contributed by atoms with Crippen LogP contribution in [-0.2, 0) is 6.61 Å². The van der Waals surface area contributed by atoms with Crippen molar-refractivity contribution in [2.24, 2.45) is 0 Å². The molecule has 0 radical (unpaired) electrons. The summed E-state index contributed by atoms with van der Waals surface area (Å²) in [6.07, 6.45) is 0. The fraction of sp³-hybridized carbons (Fsp3) is 0.200. The predicted octanol–water partition coefficient (Wildman–Crippen LogP) is 4.67. The smallest absolute Gasteiger partial charge is 0.145 e. The molecule has 0 heterocycles. The summed E-state index contributed by atoms with van der Waals surface area (Å²) >= 11 is 5.61. The molecule has 0 saturated heterocycles. The summed E-state index contributed by atoms with van der Waals surface area (Å²) in [7, 11) is 0. The summed E-state index contributed by atoms with van der Waals surface area (Å²) in [5, 5.41) is 0.105. The van der Waals surface area contributed by atoms with Crippen LogP contribution < -0.4 is 4.74 Å². The third kappa shape index (κ3) is 3.23. The van der Waals surface area contributed by atoms with E-state index in [1.165, 1.54) is 23.3 Å². The normalized spacial score (nSPS) is 10.4. The van der Waals surface area contributed by atoms with Gasteiger partial charge in [-0.2, -0.15) is 0 Å². The van der Waals surface area contributed by atoms with E-state index in [4.69, 9.17) is 16.3 Å². The second-order valence-electron chi connectivity index (χ2n) is 4.36. The number of aryl methyl sites for hydroxylation is 2. The molecule has 0 atom stereocenters. The number of ether oxygens (including phenoxy) is 1. The monoisotopic (exact) mass is 264 g/mol. The lowest BCUT2D eigenvalue weighted by molar-refractivity contribution is 0.304. The molecule has 94 valence electrons. The topological polar surface area (TPSA) is 9.23 Å². The maximum absolute atomic E-state index is 13.2. The molecular weight excluding hydrogens is 251 g/mol. The first kappa shape index (κ1) is 12.9. The van der Waals surface area contributed by atoms with Crippen molar-refractivity contribution in [1.29, 1.82) is 0 Å². The van der Waals surface area contributed by atoms with Crippen molar-refractivity contribution in [3.8, 4) is 5.75 Å². The van der Waals surface area contributed by atoms with Crippen molar-refractivity contribution in [3.05, 3.63) is 63.9 Å². The minimum absolute atomic E-state index is 0.105. The van der Waals surface area contributed by atoms with Crippen LogP contribution in [0.4, 0.5) is 4.39 Å². The Bertz CT molecular complexity index is 546. The Morgan fingerprint density at radius 1 is 1.06 bits per heavy atom. The highest BCUT2D eigenvalue weighted by Crippen LogP contribution is 2.21. The molecule has 0 unspecified atom stereocenters. The quantitative estimate of drug-likeness (QED) is 0.782. The summed E-state index contributed by atoms with van der Waals surface area (Å²) in [5.41, 5.74) is 3.45. The van der Waals surface area contributed by atoms with Crippen molar-refractivity contribution in [2.45, 2.75) is 20.5 Å². The van der Waals surface area contributed by atoms with Gasteiger partial charge in [-0.25, -0.2) is 4.39 Å². The maximum atomic E-state index is 13.2. The molecular formula is C15H14ClFO. The van der Waals surface area contributed by atoms with Crippen LogP contribution >= 0.6 is 11.6 Å². The van der Waals surface area contributed by atoms with Gasteiger partial charge in [-0.05, 0) is 31.5 Å². The van der Waals surface area contributed by atoms with Gasteiger partial charge >= 0.3 is 0 Å². The zero-order valence-electron chi connectivity index (χ0n) is 10.3. The van der Waals surface area contributed by atoms with E-state index in [1.807, 2.05) is 13.8 Å². The zero-order chi connectivity index (χ0) is 13.1. The molecule has 0 aromatic heterocycles. The van der Waals surface area contributed by atoms with Gasteiger partial charge in [0, 0.05) is 6.07 Å². The van der Waals surface area contributed by atoms with Crippen LogP contribution in [0.5, 0.6) is 5.75 Å². The van der Waals surface area contributed by atoms with Gasteiger partial charge in [0.15, 0.2) is 0 Å². The molecule has 2 rings (SSSR count). The van der Waals surface area contributed by atoms with Gasteiger partial charge in [0.05, 0.1) is 5.02 Å². The summed E-state index contributed by atoms with van der Waals surface area (Å²) in [5.74, 6) is 0.0191. The molecule has 3 heteroatoms. The largest absolute Gasteiger partial charge is 0.489 e. The molecule has 1 nitrogen and oxygen atoms in total. The second-order valence-corrected chi connectivity index (χ2v) is 4.77. The van der Waals surface area contributed by atoms with Crippen LogP contribution in [-0.4, -0.2) is 0 Å². The van der Waals surface area contributed by atoms with E-state index in [2.05, 4.69) is 18.2 Å². The number of benzene rings is 2. The fourth-order valence-electron chi connectivity index (χ4n) is 1.89. The molecule has 0 N–H and O–H groups in total. The summed E-state index contributed by atoms with van der Waals surface area (Å²) < 4.78 is 18.8. The zero-order valence-corrected chi connectivity index (χ0v) is 11.1. The van der Waals surface area contributed by atoms with E-state index < -0.39 is 5.82 Å². The Morgan fingerprint density at radius 2 is 1.72 bits per heavy atom. The highest BCUT2D eigenvalue weighted by Gasteiger charge is 2.02. The Labute approximate surface area is 111 Å². The molecule has 18 heavy (non-hydrogen) atoms. The Balaban J connectivity index is 2.08.